The smallest absolute Gasteiger partial charge is 0.303 e. The van der Waals surface area contributed by atoms with Crippen LogP contribution >= 0.6 is 0 Å². The number of hydrogen-bond donors (Lipinski definition) is 3. The maximum Gasteiger partial charge on any atom is 0.303 e. The number of para-hydroxylation sites is 1. The first kappa shape index (κ1) is 33.6. The molecule has 10 nitrogen and oxygen atoms in total. The van der Waals surface area contributed by atoms with E-state index in [0.717, 1.165) is 40.3 Å². The lowest BCUT2D eigenvalue weighted by Crippen LogP contribution is -2.28. The summed E-state index contributed by atoms with van der Waals surface area (Å²) in [5.41, 5.74) is 4.55. The molecule has 0 saturated heterocycles. The van der Waals surface area contributed by atoms with Gasteiger partial charge in [-0.05, 0) is 56.5 Å². The number of unbranched alkanes of at least 4 members (excludes halogenated alkanes) is 2. The predicted octanol–water partition coefficient (Wildman–Crippen LogP) is 5.47. The van der Waals surface area contributed by atoms with Crippen LogP contribution in [0.2, 0.25) is 0 Å². The Morgan fingerprint density at radius 3 is 2.27 bits per heavy atom. The molecule has 0 aromatic heterocycles. The van der Waals surface area contributed by atoms with Gasteiger partial charge >= 0.3 is 5.97 Å². The molecule has 2 aromatic carbocycles. The van der Waals surface area contributed by atoms with Gasteiger partial charge in [-0.2, -0.15) is 21.4 Å². The summed E-state index contributed by atoms with van der Waals surface area (Å²) in [5, 5.41) is 9.00. The first-order valence-electron chi connectivity index (χ1n) is 14.6. The Labute approximate surface area is 259 Å². The van der Waals surface area contributed by atoms with Gasteiger partial charge in [-0.25, -0.2) is 0 Å². The van der Waals surface area contributed by atoms with E-state index in [-0.39, 0.29) is 28.9 Å². The first-order valence-corrected chi connectivity index (χ1v) is 17.7. The average molecular weight is 646 g/mol. The number of carbonyl (C=O) groups is 1. The molecule has 2 heterocycles. The van der Waals surface area contributed by atoms with Crippen molar-refractivity contribution in [2.24, 2.45) is 0 Å². The van der Waals surface area contributed by atoms with Crippen LogP contribution in [0, 0.1) is 0 Å². The number of anilines is 1. The molecule has 0 atom stereocenters. The summed E-state index contributed by atoms with van der Waals surface area (Å²) in [4.78, 5) is 12.9. The second-order valence-electron chi connectivity index (χ2n) is 12.4. The maximum atomic E-state index is 12.0. The van der Waals surface area contributed by atoms with Crippen molar-refractivity contribution in [3.63, 3.8) is 0 Å². The van der Waals surface area contributed by atoms with Crippen LogP contribution in [0.25, 0.3) is 0 Å². The van der Waals surface area contributed by atoms with E-state index < -0.39 is 31.6 Å². The average Bonchev–Trinajstić information content (AvgIpc) is 3.26. The lowest BCUT2D eigenvalue weighted by Gasteiger charge is -2.27. The molecule has 0 aliphatic carbocycles. The van der Waals surface area contributed by atoms with Gasteiger partial charge in [0.05, 0.1) is 16.1 Å². The fourth-order valence-corrected chi connectivity index (χ4v) is 7.30. The summed E-state index contributed by atoms with van der Waals surface area (Å²) in [5.74, 6) is -1.17. The molecule has 2 aliphatic rings. The van der Waals surface area contributed by atoms with Crippen LogP contribution in [0.1, 0.15) is 70.9 Å². The highest BCUT2D eigenvalue weighted by atomic mass is 32.2. The fraction of sp³-hybridized carbons (Fsp3) is 0.438. The molecule has 0 radical (unpaired) electrons. The molecule has 0 unspecified atom stereocenters. The number of nitrogens with zero attached hydrogens (tertiary/aromatic N) is 2. The molecule has 0 saturated carbocycles. The molecule has 0 bridgehead atoms. The molecule has 2 aliphatic heterocycles. The zero-order chi connectivity index (χ0) is 32.5. The monoisotopic (exact) mass is 645 g/mol. The van der Waals surface area contributed by atoms with E-state index in [2.05, 4.69) is 29.4 Å². The number of benzene rings is 2. The highest BCUT2D eigenvalue weighted by Gasteiger charge is 2.44. The highest BCUT2D eigenvalue weighted by Crippen LogP contribution is 2.48. The normalized spacial score (nSPS) is 18.3. The third-order valence-electron chi connectivity index (χ3n) is 8.53. The molecule has 3 N–H and O–H groups in total. The Bertz CT molecular complexity index is 1750. The van der Waals surface area contributed by atoms with Crippen LogP contribution in [0.15, 0.2) is 71.3 Å². The van der Waals surface area contributed by atoms with Gasteiger partial charge < -0.3 is 10.0 Å². The molecule has 0 fully saturated rings. The topological polar surface area (TPSA) is 152 Å². The summed E-state index contributed by atoms with van der Waals surface area (Å²) in [7, 11) is -8.49. The maximum absolute atomic E-state index is 12.0. The third-order valence-corrected chi connectivity index (χ3v) is 10.2. The second kappa shape index (κ2) is 12.6. The van der Waals surface area contributed by atoms with Crippen molar-refractivity contribution in [1.29, 1.82) is 0 Å². The van der Waals surface area contributed by atoms with Crippen LogP contribution < -0.4 is 4.90 Å². The van der Waals surface area contributed by atoms with Gasteiger partial charge in [0.2, 0.25) is 5.69 Å². The van der Waals surface area contributed by atoms with Crippen molar-refractivity contribution < 1.29 is 40.4 Å². The second-order valence-corrected chi connectivity index (χ2v) is 15.4. The van der Waals surface area contributed by atoms with Gasteiger partial charge in [0.15, 0.2) is 5.71 Å². The quantitative estimate of drug-likeness (QED) is 0.146. The number of aliphatic carboxylic acids is 1. The van der Waals surface area contributed by atoms with Crippen molar-refractivity contribution in [2.45, 2.75) is 75.5 Å². The Morgan fingerprint density at radius 1 is 0.909 bits per heavy atom. The van der Waals surface area contributed by atoms with E-state index in [1.165, 1.54) is 12.1 Å². The number of carboxylic acid groups (broad SMARTS) is 1. The minimum Gasteiger partial charge on any atom is -0.481 e. The van der Waals surface area contributed by atoms with E-state index in [1.54, 1.807) is 6.07 Å². The lowest BCUT2D eigenvalue weighted by atomic mass is 9.81. The third kappa shape index (κ3) is 7.14. The molecular formula is C32H41N2O8S2+. The van der Waals surface area contributed by atoms with Gasteiger partial charge in [0, 0.05) is 53.9 Å². The van der Waals surface area contributed by atoms with Crippen LogP contribution in [0.4, 0.5) is 11.4 Å². The lowest BCUT2D eigenvalue weighted by molar-refractivity contribution is -0.437. The van der Waals surface area contributed by atoms with Gasteiger partial charge in [0.1, 0.15) is 6.54 Å². The van der Waals surface area contributed by atoms with Crippen LogP contribution in [0.5, 0.6) is 0 Å². The van der Waals surface area contributed by atoms with Gasteiger partial charge in [-0.3, -0.25) is 13.9 Å². The van der Waals surface area contributed by atoms with Crippen molar-refractivity contribution in [2.75, 3.05) is 23.7 Å². The summed E-state index contributed by atoms with van der Waals surface area (Å²) in [6, 6.07) is 12.6. The van der Waals surface area contributed by atoms with Crippen molar-refractivity contribution >= 4 is 43.3 Å². The van der Waals surface area contributed by atoms with Crippen LogP contribution in [0.3, 0.4) is 0 Å². The fourth-order valence-electron chi connectivity index (χ4n) is 6.30. The van der Waals surface area contributed by atoms with Crippen molar-refractivity contribution in [3.05, 3.63) is 77.5 Å². The summed E-state index contributed by atoms with van der Waals surface area (Å²) < 4.78 is 67.8. The van der Waals surface area contributed by atoms with E-state index >= 15 is 0 Å². The standard InChI is InChI=1S/C32H40N2O8S2/c1-31(2)24-12-7-8-13-26(24)34(20-11-21-43(37,38)39)28(31)14-10-15-29-32(3,4)25-22-23(44(40,41)42)17-18-27(25)33(29)19-9-5-6-16-30(35)36/h7-8,10,12-15,17-18,22H,5-6,9,11,16,19-21H2,1-4H3,(H2-,35,36,37,38,39,40,41,42)/p+1. The predicted molar refractivity (Wildman–Crippen MR) is 170 cm³/mol. The summed E-state index contributed by atoms with van der Waals surface area (Å²) in [6.07, 6.45) is 8.29. The SMILES string of the molecule is CC1(C)C(/C=C/C=C2/N(CCCCCC(=O)O)c3ccc(S(=O)(=O)O)cc3C2(C)C)=[N+](CCCS(=O)(=O)O)c2ccccc21. The molecule has 12 heteroatoms. The van der Waals surface area contributed by atoms with Gasteiger partial charge in [0.25, 0.3) is 20.2 Å². The number of hydrogen-bond acceptors (Lipinski definition) is 6. The molecule has 238 valence electrons. The van der Waals surface area contributed by atoms with E-state index in [4.69, 9.17) is 5.11 Å². The molecule has 0 amide bonds. The van der Waals surface area contributed by atoms with Crippen LogP contribution in [-0.2, 0) is 35.9 Å². The zero-order valence-corrected chi connectivity index (χ0v) is 27.2. The van der Waals surface area contributed by atoms with Crippen LogP contribution in [-0.4, -0.2) is 66.1 Å². The summed E-state index contributed by atoms with van der Waals surface area (Å²) >= 11 is 0. The minimum absolute atomic E-state index is 0.1000. The van der Waals surface area contributed by atoms with E-state index in [1.807, 2.05) is 50.3 Å². The summed E-state index contributed by atoms with van der Waals surface area (Å²) in [6.45, 7) is 9.19. The highest BCUT2D eigenvalue weighted by molar-refractivity contribution is 7.86. The molecule has 4 rings (SSSR count). The Morgan fingerprint density at radius 2 is 1.61 bits per heavy atom. The number of allylic oxidation sites excluding steroid dienone is 4. The van der Waals surface area contributed by atoms with E-state index in [9.17, 15) is 30.7 Å². The number of rotatable bonds is 13. The minimum atomic E-state index is -4.40. The van der Waals surface area contributed by atoms with Crippen molar-refractivity contribution in [3.8, 4) is 0 Å². The Balaban J connectivity index is 1.73. The Hall–Kier alpha value is -3.32. The largest absolute Gasteiger partial charge is 0.481 e. The molecular weight excluding hydrogens is 604 g/mol. The molecule has 2 aromatic rings. The number of fused-ring (bicyclic) bond motifs is 2. The zero-order valence-electron chi connectivity index (χ0n) is 25.5. The molecule has 44 heavy (non-hydrogen) atoms. The van der Waals surface area contributed by atoms with E-state index in [0.29, 0.717) is 25.9 Å². The van der Waals surface area contributed by atoms with Gasteiger partial charge in [-0.15, -0.1) is 0 Å². The van der Waals surface area contributed by atoms with Crippen molar-refractivity contribution in [1.82, 2.24) is 0 Å². The molecule has 0 spiro atoms. The first-order chi connectivity index (χ1) is 20.4. The number of carboxylic acids is 1. The van der Waals surface area contributed by atoms with Gasteiger partial charge in [-0.1, -0.05) is 44.5 Å². The Kier molecular flexibility index (Phi) is 9.60.